The first-order chi connectivity index (χ1) is 7.56. The summed E-state index contributed by atoms with van der Waals surface area (Å²) in [5.41, 5.74) is 0.689. The van der Waals surface area contributed by atoms with Gasteiger partial charge in [0.2, 0.25) is 0 Å². The van der Waals surface area contributed by atoms with E-state index in [2.05, 4.69) is 21.2 Å². The van der Waals surface area contributed by atoms with Crippen LogP contribution >= 0.6 is 15.9 Å². The van der Waals surface area contributed by atoms with Gasteiger partial charge >= 0.3 is 0 Å². The van der Waals surface area contributed by atoms with Gasteiger partial charge in [0.1, 0.15) is 0 Å². The molecule has 0 aliphatic carbocycles. The van der Waals surface area contributed by atoms with Gasteiger partial charge < -0.3 is 10.4 Å². The number of hydrogen-bond acceptors (Lipinski definition) is 4. The largest absolute Gasteiger partial charge is 0.395 e. The molecule has 0 bridgehead atoms. The smallest absolute Gasteiger partial charge is 0.275 e. The van der Waals surface area contributed by atoms with E-state index in [0.29, 0.717) is 16.6 Å². The predicted molar refractivity (Wildman–Crippen MR) is 64.3 cm³/mol. The Labute approximate surface area is 102 Å². The lowest BCUT2D eigenvalue weighted by Gasteiger charge is -2.13. The van der Waals surface area contributed by atoms with Crippen LogP contribution in [-0.4, -0.2) is 23.2 Å². The number of aliphatic hydroxyl groups excluding tert-OH is 1. The molecule has 1 rings (SSSR count). The normalized spacial score (nSPS) is 12.4. The summed E-state index contributed by atoms with van der Waals surface area (Å²) >= 11 is 3.20. The Balaban J connectivity index is 2.98. The number of nitrogens with zero attached hydrogens (tertiary/aromatic N) is 1. The van der Waals surface area contributed by atoms with Crippen LogP contribution in [0.5, 0.6) is 0 Å². The maximum Gasteiger partial charge on any atom is 0.275 e. The molecule has 2 N–H and O–H groups in total. The van der Waals surface area contributed by atoms with Crippen molar-refractivity contribution in [3.63, 3.8) is 0 Å². The SMILES string of the molecule is CC(NCCO)c1ccc(Br)cc1[N+](=O)[O-]. The van der Waals surface area contributed by atoms with Crippen LogP contribution in [0.3, 0.4) is 0 Å². The van der Waals surface area contributed by atoms with Gasteiger partial charge in [0, 0.05) is 28.7 Å². The minimum absolute atomic E-state index is 0.00860. The highest BCUT2D eigenvalue weighted by molar-refractivity contribution is 9.10. The molecule has 0 aliphatic rings. The van der Waals surface area contributed by atoms with Crippen LogP contribution in [0.15, 0.2) is 22.7 Å². The fourth-order valence-electron chi connectivity index (χ4n) is 1.43. The van der Waals surface area contributed by atoms with Gasteiger partial charge in [-0.05, 0) is 19.1 Å². The molecule has 1 atom stereocenters. The van der Waals surface area contributed by atoms with Crippen molar-refractivity contribution >= 4 is 21.6 Å². The molecule has 0 spiro atoms. The third kappa shape index (κ3) is 3.26. The van der Waals surface area contributed by atoms with Crippen molar-refractivity contribution in [2.24, 2.45) is 0 Å². The molecule has 1 unspecified atom stereocenters. The summed E-state index contributed by atoms with van der Waals surface area (Å²) in [5, 5.41) is 22.5. The first-order valence-electron chi connectivity index (χ1n) is 4.84. The molecule has 0 aromatic heterocycles. The summed E-state index contributed by atoms with van der Waals surface area (Å²) in [4.78, 5) is 10.5. The zero-order valence-electron chi connectivity index (χ0n) is 8.81. The van der Waals surface area contributed by atoms with E-state index in [9.17, 15) is 10.1 Å². The summed E-state index contributed by atoms with van der Waals surface area (Å²) in [6.07, 6.45) is 0. The average molecular weight is 289 g/mol. The van der Waals surface area contributed by atoms with E-state index in [1.54, 1.807) is 12.1 Å². The molecule has 1 aromatic rings. The molecular formula is C10H13BrN2O3. The van der Waals surface area contributed by atoms with Gasteiger partial charge in [0.05, 0.1) is 11.5 Å². The first-order valence-corrected chi connectivity index (χ1v) is 5.63. The molecule has 0 saturated carbocycles. The van der Waals surface area contributed by atoms with Gasteiger partial charge in [0.25, 0.3) is 5.69 Å². The Morgan fingerprint density at radius 2 is 2.31 bits per heavy atom. The number of nitrogens with one attached hydrogen (secondary N) is 1. The lowest BCUT2D eigenvalue weighted by Crippen LogP contribution is -2.22. The number of halogens is 1. The van der Waals surface area contributed by atoms with Crippen LogP contribution in [-0.2, 0) is 0 Å². The number of nitro benzene ring substituents is 1. The van der Waals surface area contributed by atoms with E-state index < -0.39 is 4.92 Å². The molecule has 88 valence electrons. The molecule has 0 radical (unpaired) electrons. The average Bonchev–Trinajstić information content (AvgIpc) is 2.25. The molecule has 0 heterocycles. The van der Waals surface area contributed by atoms with E-state index in [1.165, 1.54) is 6.07 Å². The van der Waals surface area contributed by atoms with Crippen molar-refractivity contribution in [2.45, 2.75) is 13.0 Å². The second kappa shape index (κ2) is 5.93. The van der Waals surface area contributed by atoms with E-state index in [0.717, 1.165) is 0 Å². The third-order valence-corrected chi connectivity index (χ3v) is 2.71. The van der Waals surface area contributed by atoms with Crippen LogP contribution in [0.2, 0.25) is 0 Å². The molecule has 5 nitrogen and oxygen atoms in total. The zero-order valence-corrected chi connectivity index (χ0v) is 10.4. The van der Waals surface area contributed by atoms with Crippen molar-refractivity contribution in [1.82, 2.24) is 5.32 Å². The topological polar surface area (TPSA) is 75.4 Å². The molecule has 16 heavy (non-hydrogen) atoms. The van der Waals surface area contributed by atoms with E-state index in [-0.39, 0.29) is 18.3 Å². The number of rotatable bonds is 5. The second-order valence-corrected chi connectivity index (χ2v) is 4.28. The molecule has 0 saturated heterocycles. The van der Waals surface area contributed by atoms with E-state index in [4.69, 9.17) is 5.11 Å². The van der Waals surface area contributed by atoms with E-state index in [1.807, 2.05) is 6.92 Å². The van der Waals surface area contributed by atoms with Crippen LogP contribution in [0.25, 0.3) is 0 Å². The standard InChI is InChI=1S/C10H13BrN2O3/c1-7(12-4-5-14)9-3-2-8(11)6-10(9)13(15)16/h2-3,6-7,12,14H,4-5H2,1H3. The van der Waals surface area contributed by atoms with Gasteiger partial charge in [-0.15, -0.1) is 0 Å². The van der Waals surface area contributed by atoms with Crippen LogP contribution < -0.4 is 5.32 Å². The quantitative estimate of drug-likeness (QED) is 0.642. The fourth-order valence-corrected chi connectivity index (χ4v) is 1.78. The lowest BCUT2D eigenvalue weighted by molar-refractivity contribution is -0.385. The lowest BCUT2D eigenvalue weighted by atomic mass is 10.1. The third-order valence-electron chi connectivity index (χ3n) is 2.22. The van der Waals surface area contributed by atoms with Crippen molar-refractivity contribution in [1.29, 1.82) is 0 Å². The fraction of sp³-hybridized carbons (Fsp3) is 0.400. The number of hydrogen-bond donors (Lipinski definition) is 2. The monoisotopic (exact) mass is 288 g/mol. The molecule has 0 fully saturated rings. The minimum atomic E-state index is -0.406. The molecular weight excluding hydrogens is 276 g/mol. The Bertz CT molecular complexity index is 384. The summed E-state index contributed by atoms with van der Waals surface area (Å²) in [6, 6.07) is 4.78. The molecule has 6 heteroatoms. The Hall–Kier alpha value is -0.980. The Morgan fingerprint density at radius 3 is 2.88 bits per heavy atom. The summed E-state index contributed by atoms with van der Waals surface area (Å²) in [6.45, 7) is 2.24. The Kier molecular flexibility index (Phi) is 4.85. The van der Waals surface area contributed by atoms with Crippen LogP contribution in [0.1, 0.15) is 18.5 Å². The summed E-state index contributed by atoms with van der Waals surface area (Å²) < 4.78 is 0.678. The van der Waals surface area contributed by atoms with Crippen molar-refractivity contribution in [2.75, 3.05) is 13.2 Å². The highest BCUT2D eigenvalue weighted by Crippen LogP contribution is 2.28. The first kappa shape index (κ1) is 13.1. The minimum Gasteiger partial charge on any atom is -0.395 e. The van der Waals surface area contributed by atoms with Gasteiger partial charge in [-0.3, -0.25) is 10.1 Å². The van der Waals surface area contributed by atoms with Crippen molar-refractivity contribution in [3.05, 3.63) is 38.3 Å². The Morgan fingerprint density at radius 1 is 1.62 bits per heavy atom. The van der Waals surface area contributed by atoms with Gasteiger partial charge in [0.15, 0.2) is 0 Å². The molecule has 1 aromatic carbocycles. The zero-order chi connectivity index (χ0) is 12.1. The van der Waals surface area contributed by atoms with Gasteiger partial charge in [-0.1, -0.05) is 15.9 Å². The number of nitro groups is 1. The summed E-state index contributed by atoms with van der Waals surface area (Å²) in [5.74, 6) is 0. The van der Waals surface area contributed by atoms with Crippen LogP contribution in [0, 0.1) is 10.1 Å². The highest BCUT2D eigenvalue weighted by atomic mass is 79.9. The molecule has 0 amide bonds. The molecule has 0 aliphatic heterocycles. The number of benzene rings is 1. The van der Waals surface area contributed by atoms with Gasteiger partial charge in [-0.2, -0.15) is 0 Å². The van der Waals surface area contributed by atoms with Crippen LogP contribution in [0.4, 0.5) is 5.69 Å². The van der Waals surface area contributed by atoms with Crippen molar-refractivity contribution < 1.29 is 10.0 Å². The highest BCUT2D eigenvalue weighted by Gasteiger charge is 2.18. The summed E-state index contributed by atoms with van der Waals surface area (Å²) in [7, 11) is 0. The van der Waals surface area contributed by atoms with Crippen molar-refractivity contribution in [3.8, 4) is 0 Å². The second-order valence-electron chi connectivity index (χ2n) is 3.36. The maximum absolute atomic E-state index is 10.9. The predicted octanol–water partition coefficient (Wildman–Crippen LogP) is 2.00. The number of aliphatic hydroxyl groups is 1. The van der Waals surface area contributed by atoms with E-state index >= 15 is 0 Å². The van der Waals surface area contributed by atoms with Gasteiger partial charge in [-0.25, -0.2) is 0 Å². The maximum atomic E-state index is 10.9.